The van der Waals surface area contributed by atoms with Crippen LogP contribution in [0, 0.1) is 35.0 Å². The lowest BCUT2D eigenvalue weighted by Gasteiger charge is -2.62. The number of hydrogen-bond donors (Lipinski definition) is 0. The van der Waals surface area contributed by atoms with Gasteiger partial charge in [0, 0.05) is 12.3 Å². The minimum absolute atomic E-state index is 0.427. The van der Waals surface area contributed by atoms with Crippen molar-refractivity contribution in [3.05, 3.63) is 11.6 Å². The molecule has 0 aromatic rings. The first-order chi connectivity index (χ1) is 8.09. The lowest BCUT2D eigenvalue weighted by molar-refractivity contribution is -0.126. The van der Waals surface area contributed by atoms with Gasteiger partial charge in [-0.1, -0.05) is 25.5 Å². The second kappa shape index (κ2) is 3.05. The molecule has 0 saturated heterocycles. The van der Waals surface area contributed by atoms with E-state index in [1.165, 1.54) is 25.7 Å². The van der Waals surface area contributed by atoms with Crippen molar-refractivity contribution in [3.63, 3.8) is 0 Å². The van der Waals surface area contributed by atoms with Crippen LogP contribution >= 0.6 is 0 Å². The molecular formula is C16H22O. The van der Waals surface area contributed by atoms with E-state index in [1.807, 2.05) is 0 Å². The molecule has 0 heterocycles. The summed E-state index contributed by atoms with van der Waals surface area (Å²) in [4.78, 5) is 12.1. The van der Waals surface area contributed by atoms with E-state index in [1.54, 1.807) is 5.57 Å². The van der Waals surface area contributed by atoms with Gasteiger partial charge in [0.15, 0.2) is 0 Å². The van der Waals surface area contributed by atoms with Crippen LogP contribution < -0.4 is 0 Å². The van der Waals surface area contributed by atoms with Gasteiger partial charge in [-0.25, -0.2) is 0 Å². The Bertz CT molecular complexity index is 417. The van der Waals surface area contributed by atoms with Crippen molar-refractivity contribution >= 4 is 5.78 Å². The van der Waals surface area contributed by atoms with E-state index in [9.17, 15) is 4.79 Å². The molecule has 17 heavy (non-hydrogen) atoms. The third kappa shape index (κ3) is 1.14. The van der Waals surface area contributed by atoms with Crippen molar-refractivity contribution < 1.29 is 4.79 Å². The summed E-state index contributed by atoms with van der Waals surface area (Å²) in [5, 5.41) is 0. The highest BCUT2D eigenvalue weighted by atomic mass is 16.1. The quantitative estimate of drug-likeness (QED) is 0.581. The average molecular weight is 230 g/mol. The zero-order chi connectivity index (χ0) is 11.8. The summed E-state index contributed by atoms with van der Waals surface area (Å²) in [7, 11) is 0. The minimum Gasteiger partial charge on any atom is -0.299 e. The Morgan fingerprint density at radius 3 is 2.88 bits per heavy atom. The number of hydrogen-bond acceptors (Lipinski definition) is 1. The van der Waals surface area contributed by atoms with Crippen LogP contribution in [0.25, 0.3) is 0 Å². The van der Waals surface area contributed by atoms with Crippen LogP contribution in [-0.4, -0.2) is 5.78 Å². The Hall–Kier alpha value is -0.590. The molecule has 2 bridgehead atoms. The largest absolute Gasteiger partial charge is 0.299 e. The SMILES string of the molecule is CC1(C)[C@H]2C[C@H]3C(=CC[C@H]4CCC(=O)[C@H]43)[C@@H]1C2. The first kappa shape index (κ1) is 10.3. The lowest BCUT2D eigenvalue weighted by Crippen LogP contribution is -2.54. The van der Waals surface area contributed by atoms with E-state index in [4.69, 9.17) is 0 Å². The van der Waals surface area contributed by atoms with E-state index < -0.39 is 0 Å². The highest BCUT2D eigenvalue weighted by Gasteiger charge is 2.59. The van der Waals surface area contributed by atoms with Gasteiger partial charge in [-0.2, -0.15) is 0 Å². The molecule has 4 fully saturated rings. The fourth-order valence-electron chi connectivity index (χ4n) is 5.37. The second-order valence-electron chi connectivity index (χ2n) is 7.38. The summed E-state index contributed by atoms with van der Waals surface area (Å²) in [6, 6.07) is 0. The summed E-state index contributed by atoms with van der Waals surface area (Å²) in [6.07, 6.45) is 8.48. The highest BCUT2D eigenvalue weighted by Crippen LogP contribution is 2.66. The molecule has 5 aliphatic rings. The Labute approximate surface area is 104 Å². The Morgan fingerprint density at radius 2 is 2.12 bits per heavy atom. The van der Waals surface area contributed by atoms with Crippen LogP contribution in [0.5, 0.6) is 0 Å². The fourth-order valence-corrected chi connectivity index (χ4v) is 5.37. The molecule has 4 saturated carbocycles. The standard InChI is InChI=1S/C16H22O/c1-16(2)10-7-12-11(13(16)8-10)5-3-9-4-6-14(17)15(9)12/h5,9-10,12-13,15H,3-4,6-8H2,1-2H3/t9-,10-,12-,13-,15+/m0/s1. The van der Waals surface area contributed by atoms with Gasteiger partial charge in [0.25, 0.3) is 0 Å². The summed E-state index contributed by atoms with van der Waals surface area (Å²) < 4.78 is 0. The third-order valence-electron chi connectivity index (χ3n) is 6.57. The van der Waals surface area contributed by atoms with Gasteiger partial charge in [0.1, 0.15) is 5.78 Å². The number of ketones is 1. The predicted molar refractivity (Wildman–Crippen MR) is 67.4 cm³/mol. The lowest BCUT2D eigenvalue weighted by atomic mass is 9.42. The molecule has 0 aliphatic heterocycles. The molecule has 0 aromatic heterocycles. The molecule has 1 heteroatoms. The smallest absolute Gasteiger partial charge is 0.136 e. The van der Waals surface area contributed by atoms with E-state index in [0.29, 0.717) is 29.0 Å². The van der Waals surface area contributed by atoms with Crippen LogP contribution in [0.4, 0.5) is 0 Å². The van der Waals surface area contributed by atoms with E-state index >= 15 is 0 Å². The molecule has 0 aromatic carbocycles. The van der Waals surface area contributed by atoms with Gasteiger partial charge < -0.3 is 0 Å². The maximum Gasteiger partial charge on any atom is 0.136 e. The maximum atomic E-state index is 12.1. The molecule has 5 atom stereocenters. The van der Waals surface area contributed by atoms with Crippen molar-refractivity contribution in [3.8, 4) is 0 Å². The first-order valence-corrected chi connectivity index (χ1v) is 7.31. The number of Topliss-reactive ketones (excluding diaryl/α,β-unsaturated/α-hetero) is 1. The zero-order valence-electron chi connectivity index (χ0n) is 10.9. The minimum atomic E-state index is 0.427. The van der Waals surface area contributed by atoms with Crippen molar-refractivity contribution in [1.29, 1.82) is 0 Å². The van der Waals surface area contributed by atoms with Crippen LogP contribution in [0.15, 0.2) is 11.6 Å². The summed E-state index contributed by atoms with van der Waals surface area (Å²) in [6.45, 7) is 4.87. The van der Waals surface area contributed by atoms with Crippen molar-refractivity contribution in [2.24, 2.45) is 35.0 Å². The van der Waals surface area contributed by atoms with Crippen LogP contribution in [-0.2, 0) is 4.79 Å². The maximum absolute atomic E-state index is 12.1. The van der Waals surface area contributed by atoms with E-state index in [0.717, 1.165) is 18.3 Å². The van der Waals surface area contributed by atoms with Crippen molar-refractivity contribution in [1.82, 2.24) is 0 Å². The van der Waals surface area contributed by atoms with Gasteiger partial charge in [-0.05, 0) is 54.8 Å². The molecule has 0 amide bonds. The number of carbonyl (C=O) groups excluding carboxylic acids is 1. The molecule has 0 radical (unpaired) electrons. The first-order valence-electron chi connectivity index (χ1n) is 7.31. The van der Waals surface area contributed by atoms with Gasteiger partial charge in [-0.15, -0.1) is 0 Å². The Kier molecular flexibility index (Phi) is 1.85. The monoisotopic (exact) mass is 230 g/mol. The number of fused-ring (bicyclic) bond motifs is 1. The molecule has 92 valence electrons. The molecule has 0 unspecified atom stereocenters. The van der Waals surface area contributed by atoms with Crippen molar-refractivity contribution in [2.75, 3.05) is 0 Å². The van der Waals surface area contributed by atoms with Gasteiger partial charge >= 0.3 is 0 Å². The van der Waals surface area contributed by atoms with Crippen LogP contribution in [0.2, 0.25) is 0 Å². The van der Waals surface area contributed by atoms with Crippen molar-refractivity contribution in [2.45, 2.75) is 46.0 Å². The molecular weight excluding hydrogens is 208 g/mol. The van der Waals surface area contributed by atoms with E-state index in [2.05, 4.69) is 19.9 Å². The second-order valence-corrected chi connectivity index (χ2v) is 7.38. The Morgan fingerprint density at radius 1 is 1.29 bits per heavy atom. The summed E-state index contributed by atoms with van der Waals surface area (Å²) in [5.74, 6) is 4.07. The normalized spacial score (nSPS) is 50.1. The van der Waals surface area contributed by atoms with Crippen LogP contribution in [0.3, 0.4) is 0 Å². The van der Waals surface area contributed by atoms with Gasteiger partial charge in [0.05, 0.1) is 0 Å². The fraction of sp³-hybridized carbons (Fsp3) is 0.812. The van der Waals surface area contributed by atoms with E-state index in [-0.39, 0.29) is 0 Å². The molecule has 5 rings (SSSR count). The molecule has 5 aliphatic carbocycles. The van der Waals surface area contributed by atoms with Crippen LogP contribution in [0.1, 0.15) is 46.0 Å². The summed E-state index contributed by atoms with van der Waals surface area (Å²) >= 11 is 0. The number of allylic oxidation sites excluding steroid dienone is 2. The number of carbonyl (C=O) groups is 1. The molecule has 1 nitrogen and oxygen atoms in total. The Balaban J connectivity index is 1.72. The highest BCUT2D eigenvalue weighted by molar-refractivity contribution is 5.84. The predicted octanol–water partition coefficient (Wildman–Crippen LogP) is 3.59. The topological polar surface area (TPSA) is 17.1 Å². The van der Waals surface area contributed by atoms with Gasteiger partial charge in [-0.3, -0.25) is 4.79 Å². The molecule has 0 spiro atoms. The third-order valence-corrected chi connectivity index (χ3v) is 6.57. The average Bonchev–Trinajstić information content (AvgIpc) is 2.70. The molecule has 0 N–H and O–H groups in total. The zero-order valence-corrected chi connectivity index (χ0v) is 10.9. The number of rotatable bonds is 0. The summed E-state index contributed by atoms with van der Waals surface area (Å²) in [5.41, 5.74) is 2.21. The van der Waals surface area contributed by atoms with Gasteiger partial charge in [0.2, 0.25) is 0 Å².